The van der Waals surface area contributed by atoms with Gasteiger partial charge in [-0.3, -0.25) is 5.10 Å². The molecule has 0 bridgehead atoms. The number of hydrogen-bond donors (Lipinski definition) is 3. The number of piperidine rings is 1. The van der Waals surface area contributed by atoms with E-state index < -0.39 is 5.60 Å². The molecule has 3 N–H and O–H groups in total. The normalized spacial score (nSPS) is 20.5. The summed E-state index contributed by atoms with van der Waals surface area (Å²) in [5.41, 5.74) is 1.79. The van der Waals surface area contributed by atoms with Crippen molar-refractivity contribution in [2.45, 2.75) is 51.0 Å². The maximum Gasteiger partial charge on any atom is 0.0713 e. The van der Waals surface area contributed by atoms with E-state index in [0.717, 1.165) is 37.2 Å². The second-order valence-electron chi connectivity index (χ2n) is 6.17. The van der Waals surface area contributed by atoms with Crippen molar-refractivity contribution in [3.8, 4) is 0 Å². The van der Waals surface area contributed by atoms with Crippen LogP contribution < -0.4 is 5.32 Å². The van der Waals surface area contributed by atoms with Gasteiger partial charge in [0.25, 0.3) is 0 Å². The van der Waals surface area contributed by atoms with Gasteiger partial charge in [-0.05, 0) is 31.5 Å². The lowest BCUT2D eigenvalue weighted by molar-refractivity contribution is 0.0105. The van der Waals surface area contributed by atoms with E-state index in [2.05, 4.69) is 36.3 Å². The smallest absolute Gasteiger partial charge is 0.0713 e. The molecule has 1 aliphatic rings. The van der Waals surface area contributed by atoms with Gasteiger partial charge in [0.05, 0.1) is 11.8 Å². The number of H-pyrrole nitrogens is 1. The first-order valence-corrected chi connectivity index (χ1v) is 6.37. The predicted molar refractivity (Wildman–Crippen MR) is 68.0 cm³/mol. The van der Waals surface area contributed by atoms with E-state index in [4.69, 9.17) is 0 Å². The highest BCUT2D eigenvalue weighted by molar-refractivity contribution is 5.25. The molecule has 4 heteroatoms. The lowest BCUT2D eigenvalue weighted by atomic mass is 9.82. The summed E-state index contributed by atoms with van der Waals surface area (Å²) in [5, 5.41) is 21.0. The van der Waals surface area contributed by atoms with Gasteiger partial charge >= 0.3 is 0 Å². The van der Waals surface area contributed by atoms with E-state index in [0.29, 0.717) is 6.42 Å². The van der Waals surface area contributed by atoms with Gasteiger partial charge in [0.2, 0.25) is 0 Å². The second-order valence-corrected chi connectivity index (χ2v) is 6.17. The average molecular weight is 237 g/mol. The number of aromatic amines is 1. The topological polar surface area (TPSA) is 60.9 Å². The summed E-state index contributed by atoms with van der Waals surface area (Å²) in [6.45, 7) is 8.29. The largest absolute Gasteiger partial charge is 0.389 e. The molecule has 2 rings (SSSR count). The number of aliphatic hydroxyl groups is 1. The van der Waals surface area contributed by atoms with Gasteiger partial charge in [-0.15, -0.1) is 0 Å². The zero-order chi connectivity index (χ0) is 12.5. The maximum atomic E-state index is 10.6. The predicted octanol–water partition coefficient (Wildman–Crippen LogP) is 1.36. The molecule has 0 aromatic carbocycles. The Morgan fingerprint density at radius 2 is 2.00 bits per heavy atom. The molecule has 96 valence electrons. The Balaban J connectivity index is 2.16. The molecule has 0 spiro atoms. The molecule has 0 radical (unpaired) electrons. The highest BCUT2D eigenvalue weighted by atomic mass is 16.3. The second kappa shape index (κ2) is 4.42. The SMILES string of the molecule is CC(C)(C)c1[nH]ncc1CC1(O)CCNCC1. The molecular weight excluding hydrogens is 214 g/mol. The van der Waals surface area contributed by atoms with Crippen molar-refractivity contribution in [2.75, 3.05) is 13.1 Å². The Kier molecular flexibility index (Phi) is 3.27. The van der Waals surface area contributed by atoms with Crippen LogP contribution in [0.5, 0.6) is 0 Å². The summed E-state index contributed by atoms with van der Waals surface area (Å²) >= 11 is 0. The summed E-state index contributed by atoms with van der Waals surface area (Å²) in [7, 11) is 0. The van der Waals surface area contributed by atoms with Gasteiger partial charge in [0.1, 0.15) is 0 Å². The van der Waals surface area contributed by atoms with Crippen molar-refractivity contribution in [2.24, 2.45) is 0 Å². The van der Waals surface area contributed by atoms with Crippen molar-refractivity contribution in [3.05, 3.63) is 17.5 Å². The molecule has 0 amide bonds. The summed E-state index contributed by atoms with van der Waals surface area (Å²) < 4.78 is 0. The van der Waals surface area contributed by atoms with Gasteiger partial charge < -0.3 is 10.4 Å². The van der Waals surface area contributed by atoms with Crippen LogP contribution in [0.3, 0.4) is 0 Å². The first kappa shape index (κ1) is 12.6. The molecule has 1 aliphatic heterocycles. The number of nitrogens with one attached hydrogen (secondary N) is 2. The van der Waals surface area contributed by atoms with E-state index in [1.807, 2.05) is 6.20 Å². The molecule has 0 saturated carbocycles. The molecule has 0 unspecified atom stereocenters. The minimum absolute atomic E-state index is 0.0507. The van der Waals surface area contributed by atoms with Gasteiger partial charge in [0, 0.05) is 17.5 Å². The molecule has 1 saturated heterocycles. The van der Waals surface area contributed by atoms with Crippen LogP contribution in [-0.4, -0.2) is 34.0 Å². The van der Waals surface area contributed by atoms with Gasteiger partial charge in [-0.2, -0.15) is 5.10 Å². The molecule has 1 fully saturated rings. The zero-order valence-electron chi connectivity index (χ0n) is 11.0. The van der Waals surface area contributed by atoms with Gasteiger partial charge in [-0.1, -0.05) is 20.8 Å². The van der Waals surface area contributed by atoms with Crippen molar-refractivity contribution in [1.29, 1.82) is 0 Å². The third-order valence-corrected chi connectivity index (χ3v) is 3.52. The monoisotopic (exact) mass is 237 g/mol. The van der Waals surface area contributed by atoms with Crippen LogP contribution >= 0.6 is 0 Å². The lowest BCUT2D eigenvalue weighted by Gasteiger charge is -2.33. The Bertz CT molecular complexity index is 372. The van der Waals surface area contributed by atoms with Gasteiger partial charge in [-0.25, -0.2) is 0 Å². The van der Waals surface area contributed by atoms with Crippen molar-refractivity contribution < 1.29 is 5.11 Å². The van der Waals surface area contributed by atoms with E-state index in [1.54, 1.807) is 0 Å². The maximum absolute atomic E-state index is 10.6. The zero-order valence-corrected chi connectivity index (χ0v) is 11.0. The quantitative estimate of drug-likeness (QED) is 0.728. The van der Waals surface area contributed by atoms with Crippen molar-refractivity contribution in [1.82, 2.24) is 15.5 Å². The Morgan fingerprint density at radius 1 is 1.35 bits per heavy atom. The van der Waals surface area contributed by atoms with Crippen LogP contribution in [0.1, 0.15) is 44.9 Å². The van der Waals surface area contributed by atoms with E-state index in [1.165, 1.54) is 0 Å². The molecular formula is C13H23N3O. The van der Waals surface area contributed by atoms with Crippen LogP contribution in [0, 0.1) is 0 Å². The number of aromatic nitrogens is 2. The van der Waals surface area contributed by atoms with Crippen molar-refractivity contribution >= 4 is 0 Å². The molecule has 0 aliphatic carbocycles. The summed E-state index contributed by atoms with van der Waals surface area (Å²) in [4.78, 5) is 0. The molecule has 2 heterocycles. The molecule has 1 aromatic heterocycles. The van der Waals surface area contributed by atoms with E-state index >= 15 is 0 Å². The number of rotatable bonds is 2. The molecule has 1 aromatic rings. The lowest BCUT2D eigenvalue weighted by Crippen LogP contribution is -2.43. The Hall–Kier alpha value is -0.870. The highest BCUT2D eigenvalue weighted by Gasteiger charge is 2.32. The fraction of sp³-hybridized carbons (Fsp3) is 0.769. The average Bonchev–Trinajstić information content (AvgIpc) is 2.65. The minimum atomic E-state index is -0.560. The first-order chi connectivity index (χ1) is 7.91. The minimum Gasteiger partial charge on any atom is -0.389 e. The van der Waals surface area contributed by atoms with E-state index in [9.17, 15) is 5.11 Å². The van der Waals surface area contributed by atoms with Crippen LogP contribution in [0.15, 0.2) is 6.20 Å². The Morgan fingerprint density at radius 3 is 2.59 bits per heavy atom. The summed E-state index contributed by atoms with van der Waals surface area (Å²) in [6, 6.07) is 0. The molecule has 17 heavy (non-hydrogen) atoms. The standard InChI is InChI=1S/C13H23N3O/c1-12(2,3)11-10(9-15-16-11)8-13(17)4-6-14-7-5-13/h9,14,17H,4-8H2,1-3H3,(H,15,16). The molecule has 4 nitrogen and oxygen atoms in total. The van der Waals surface area contributed by atoms with Crippen LogP contribution in [0.4, 0.5) is 0 Å². The fourth-order valence-corrected chi connectivity index (χ4v) is 2.52. The van der Waals surface area contributed by atoms with Crippen molar-refractivity contribution in [3.63, 3.8) is 0 Å². The summed E-state index contributed by atoms with van der Waals surface area (Å²) in [6.07, 6.45) is 4.21. The highest BCUT2D eigenvalue weighted by Crippen LogP contribution is 2.29. The Labute approximate surface area is 103 Å². The van der Waals surface area contributed by atoms with E-state index in [-0.39, 0.29) is 5.41 Å². The van der Waals surface area contributed by atoms with Crippen LogP contribution in [-0.2, 0) is 11.8 Å². The molecule has 0 atom stereocenters. The van der Waals surface area contributed by atoms with Gasteiger partial charge in [0.15, 0.2) is 0 Å². The van der Waals surface area contributed by atoms with Crippen LogP contribution in [0.2, 0.25) is 0 Å². The number of nitrogens with zero attached hydrogens (tertiary/aromatic N) is 1. The summed E-state index contributed by atoms with van der Waals surface area (Å²) in [5.74, 6) is 0. The van der Waals surface area contributed by atoms with Crippen LogP contribution in [0.25, 0.3) is 0 Å². The first-order valence-electron chi connectivity index (χ1n) is 6.37. The third kappa shape index (κ3) is 2.87. The fourth-order valence-electron chi connectivity index (χ4n) is 2.52. The number of hydrogen-bond acceptors (Lipinski definition) is 3. The third-order valence-electron chi connectivity index (χ3n) is 3.52.